The SMILES string of the molecule is COCCC(C)Oc1ccc(S(N)(=O)=O)c2cccnc12. The highest BCUT2D eigenvalue weighted by Crippen LogP contribution is 2.29. The summed E-state index contributed by atoms with van der Waals surface area (Å²) >= 11 is 0. The standard InChI is InChI=1S/C14H18N2O4S/c1-10(7-9-19-2)20-12-5-6-13(21(15,17)18)11-4-3-8-16-14(11)12/h3-6,8,10H,7,9H2,1-2H3,(H2,15,17,18). The molecular weight excluding hydrogens is 292 g/mol. The second-order valence-corrected chi connectivity index (χ2v) is 6.25. The number of primary sulfonamides is 1. The van der Waals surface area contributed by atoms with Gasteiger partial charge in [-0.3, -0.25) is 4.98 Å². The Morgan fingerprint density at radius 3 is 2.76 bits per heavy atom. The Hall–Kier alpha value is -1.70. The molecule has 0 spiro atoms. The lowest BCUT2D eigenvalue weighted by atomic mass is 10.2. The van der Waals surface area contributed by atoms with Crippen LogP contribution in [0.1, 0.15) is 13.3 Å². The van der Waals surface area contributed by atoms with Crippen LogP contribution in [-0.4, -0.2) is 33.2 Å². The van der Waals surface area contributed by atoms with Crippen molar-refractivity contribution < 1.29 is 17.9 Å². The summed E-state index contributed by atoms with van der Waals surface area (Å²) in [5.74, 6) is 0.529. The molecule has 0 saturated heterocycles. The second kappa shape index (κ2) is 6.38. The average molecular weight is 310 g/mol. The van der Waals surface area contributed by atoms with Gasteiger partial charge in [-0.05, 0) is 31.2 Å². The van der Waals surface area contributed by atoms with Gasteiger partial charge in [-0.1, -0.05) is 0 Å². The van der Waals surface area contributed by atoms with E-state index in [2.05, 4.69) is 4.98 Å². The molecule has 114 valence electrons. The average Bonchev–Trinajstić information content (AvgIpc) is 2.44. The van der Waals surface area contributed by atoms with Crippen molar-refractivity contribution >= 4 is 20.9 Å². The van der Waals surface area contributed by atoms with Crippen molar-refractivity contribution in [1.29, 1.82) is 0 Å². The summed E-state index contributed by atoms with van der Waals surface area (Å²) in [4.78, 5) is 4.26. The molecule has 2 N–H and O–H groups in total. The Morgan fingerprint density at radius 1 is 1.33 bits per heavy atom. The molecule has 0 aliphatic carbocycles. The van der Waals surface area contributed by atoms with E-state index in [9.17, 15) is 8.42 Å². The Balaban J connectivity index is 2.43. The minimum Gasteiger partial charge on any atom is -0.488 e. The van der Waals surface area contributed by atoms with Crippen LogP contribution in [0.3, 0.4) is 0 Å². The number of ether oxygens (including phenoxy) is 2. The zero-order valence-corrected chi connectivity index (χ0v) is 12.8. The van der Waals surface area contributed by atoms with E-state index >= 15 is 0 Å². The maximum Gasteiger partial charge on any atom is 0.238 e. The van der Waals surface area contributed by atoms with Gasteiger partial charge in [0.15, 0.2) is 0 Å². The van der Waals surface area contributed by atoms with Crippen LogP contribution in [0.15, 0.2) is 35.4 Å². The molecule has 2 rings (SSSR count). The number of sulfonamides is 1. The quantitative estimate of drug-likeness (QED) is 0.876. The number of rotatable bonds is 6. The van der Waals surface area contributed by atoms with Gasteiger partial charge in [0.1, 0.15) is 11.3 Å². The summed E-state index contributed by atoms with van der Waals surface area (Å²) in [6.45, 7) is 2.50. The highest BCUT2D eigenvalue weighted by atomic mass is 32.2. The number of hydrogen-bond acceptors (Lipinski definition) is 5. The van der Waals surface area contributed by atoms with Gasteiger partial charge < -0.3 is 9.47 Å². The molecule has 0 amide bonds. The molecule has 1 atom stereocenters. The Bertz CT molecular complexity index is 731. The van der Waals surface area contributed by atoms with Crippen LogP contribution in [0.4, 0.5) is 0 Å². The molecule has 6 nitrogen and oxygen atoms in total. The predicted molar refractivity (Wildman–Crippen MR) is 79.7 cm³/mol. The number of pyridine rings is 1. The second-order valence-electron chi connectivity index (χ2n) is 4.72. The number of methoxy groups -OCH3 is 1. The fourth-order valence-electron chi connectivity index (χ4n) is 2.02. The van der Waals surface area contributed by atoms with Gasteiger partial charge in [0, 0.05) is 31.7 Å². The number of nitrogens with two attached hydrogens (primary N) is 1. The Kier molecular flexibility index (Phi) is 4.76. The molecule has 1 unspecified atom stereocenters. The molecule has 0 aliphatic heterocycles. The number of nitrogens with zero attached hydrogens (tertiary/aromatic N) is 1. The number of hydrogen-bond donors (Lipinski definition) is 1. The van der Waals surface area contributed by atoms with E-state index in [-0.39, 0.29) is 11.0 Å². The molecule has 7 heteroatoms. The van der Waals surface area contributed by atoms with Gasteiger partial charge in [0.05, 0.1) is 11.0 Å². The van der Waals surface area contributed by atoms with Gasteiger partial charge in [-0.25, -0.2) is 13.6 Å². The minimum absolute atomic E-state index is 0.0440. The molecule has 1 aromatic carbocycles. The molecule has 0 saturated carbocycles. The van der Waals surface area contributed by atoms with E-state index in [1.54, 1.807) is 31.5 Å². The number of benzene rings is 1. The van der Waals surface area contributed by atoms with E-state index in [0.29, 0.717) is 23.3 Å². The van der Waals surface area contributed by atoms with Crippen LogP contribution in [-0.2, 0) is 14.8 Å². The van der Waals surface area contributed by atoms with Crippen molar-refractivity contribution in [3.05, 3.63) is 30.5 Å². The summed E-state index contributed by atoms with van der Waals surface area (Å²) in [7, 11) is -2.17. The first-order valence-corrected chi connectivity index (χ1v) is 8.04. The van der Waals surface area contributed by atoms with Crippen LogP contribution in [0, 0.1) is 0 Å². The van der Waals surface area contributed by atoms with E-state index in [0.717, 1.165) is 6.42 Å². The van der Waals surface area contributed by atoms with Gasteiger partial charge >= 0.3 is 0 Å². The van der Waals surface area contributed by atoms with Crippen molar-refractivity contribution in [3.63, 3.8) is 0 Å². The lowest BCUT2D eigenvalue weighted by Gasteiger charge is -2.16. The Morgan fingerprint density at radius 2 is 2.10 bits per heavy atom. The first kappa shape index (κ1) is 15.7. The van der Waals surface area contributed by atoms with Crippen molar-refractivity contribution in [1.82, 2.24) is 4.98 Å². The topological polar surface area (TPSA) is 91.5 Å². The smallest absolute Gasteiger partial charge is 0.238 e. The first-order chi connectivity index (χ1) is 9.93. The lowest BCUT2D eigenvalue weighted by Crippen LogP contribution is -2.16. The molecule has 0 bridgehead atoms. The summed E-state index contributed by atoms with van der Waals surface area (Å²) in [5.41, 5.74) is 0.480. The molecule has 0 radical (unpaired) electrons. The predicted octanol–water partition coefficient (Wildman–Crippen LogP) is 1.69. The van der Waals surface area contributed by atoms with Gasteiger partial charge in [0.25, 0.3) is 0 Å². The van der Waals surface area contributed by atoms with Crippen LogP contribution >= 0.6 is 0 Å². The van der Waals surface area contributed by atoms with Crippen LogP contribution in [0.2, 0.25) is 0 Å². The van der Waals surface area contributed by atoms with Crippen LogP contribution < -0.4 is 9.88 Å². The molecule has 0 fully saturated rings. The van der Waals surface area contributed by atoms with Crippen LogP contribution in [0.25, 0.3) is 10.9 Å². The fraction of sp³-hybridized carbons (Fsp3) is 0.357. The number of fused-ring (bicyclic) bond motifs is 1. The Labute approximate surface area is 123 Å². The molecule has 21 heavy (non-hydrogen) atoms. The van der Waals surface area contributed by atoms with Crippen molar-refractivity contribution in [3.8, 4) is 5.75 Å². The normalized spacial score (nSPS) is 13.3. The third kappa shape index (κ3) is 3.69. The molecule has 1 heterocycles. The monoisotopic (exact) mass is 310 g/mol. The van der Waals surface area contributed by atoms with E-state index in [1.807, 2.05) is 6.92 Å². The first-order valence-electron chi connectivity index (χ1n) is 6.49. The van der Waals surface area contributed by atoms with Crippen molar-refractivity contribution in [2.24, 2.45) is 5.14 Å². The molecule has 0 aliphatic rings. The molecule has 1 aromatic heterocycles. The molecular formula is C14H18N2O4S. The third-order valence-electron chi connectivity index (χ3n) is 3.06. The van der Waals surface area contributed by atoms with E-state index in [4.69, 9.17) is 14.6 Å². The highest BCUT2D eigenvalue weighted by Gasteiger charge is 2.16. The van der Waals surface area contributed by atoms with E-state index in [1.165, 1.54) is 6.07 Å². The summed E-state index contributed by atoms with van der Waals surface area (Å²) < 4.78 is 34.1. The van der Waals surface area contributed by atoms with Crippen molar-refractivity contribution in [2.75, 3.05) is 13.7 Å². The van der Waals surface area contributed by atoms with Crippen molar-refractivity contribution in [2.45, 2.75) is 24.3 Å². The van der Waals surface area contributed by atoms with Gasteiger partial charge in [0.2, 0.25) is 10.0 Å². The summed E-state index contributed by atoms with van der Waals surface area (Å²) in [6.07, 6.45) is 2.24. The highest BCUT2D eigenvalue weighted by molar-refractivity contribution is 7.89. The van der Waals surface area contributed by atoms with Crippen LogP contribution in [0.5, 0.6) is 5.75 Å². The lowest BCUT2D eigenvalue weighted by molar-refractivity contribution is 0.136. The zero-order valence-electron chi connectivity index (χ0n) is 11.9. The minimum atomic E-state index is -3.80. The summed E-state index contributed by atoms with van der Waals surface area (Å²) in [5, 5.41) is 5.68. The van der Waals surface area contributed by atoms with E-state index < -0.39 is 10.0 Å². The fourth-order valence-corrected chi connectivity index (χ4v) is 2.75. The maximum atomic E-state index is 11.6. The summed E-state index contributed by atoms with van der Waals surface area (Å²) in [6, 6.07) is 6.35. The maximum absolute atomic E-state index is 11.6. The zero-order chi connectivity index (χ0) is 15.5. The van der Waals surface area contributed by atoms with Gasteiger partial charge in [-0.2, -0.15) is 0 Å². The number of aromatic nitrogens is 1. The molecule has 2 aromatic rings. The third-order valence-corrected chi connectivity index (χ3v) is 4.02. The largest absolute Gasteiger partial charge is 0.488 e. The van der Waals surface area contributed by atoms with Gasteiger partial charge in [-0.15, -0.1) is 0 Å².